The van der Waals surface area contributed by atoms with Gasteiger partial charge in [0.1, 0.15) is 11.9 Å². The summed E-state index contributed by atoms with van der Waals surface area (Å²) in [6.45, 7) is 3.41. The van der Waals surface area contributed by atoms with Gasteiger partial charge in [-0.05, 0) is 6.07 Å². The Hall–Kier alpha value is -1.50. The molecule has 2 unspecified atom stereocenters. The first-order valence-electron chi connectivity index (χ1n) is 7.69. The predicted molar refractivity (Wildman–Crippen MR) is 78.9 cm³/mol. The van der Waals surface area contributed by atoms with Gasteiger partial charge < -0.3 is 19.7 Å². The number of amides is 1. The second kappa shape index (κ2) is 7.17. The van der Waals surface area contributed by atoms with Crippen molar-refractivity contribution in [2.45, 2.75) is 18.6 Å². The van der Waals surface area contributed by atoms with Crippen LogP contribution in [-0.2, 0) is 14.3 Å². The second-order valence-corrected chi connectivity index (χ2v) is 5.65. The molecular formula is C16H21FN2O3. The fourth-order valence-electron chi connectivity index (χ4n) is 2.89. The molecule has 0 spiro atoms. The van der Waals surface area contributed by atoms with E-state index in [-0.39, 0.29) is 17.8 Å². The van der Waals surface area contributed by atoms with E-state index >= 15 is 0 Å². The highest BCUT2D eigenvalue weighted by molar-refractivity contribution is 5.77. The van der Waals surface area contributed by atoms with E-state index in [0.717, 1.165) is 6.54 Å². The molecule has 0 saturated carbocycles. The number of benzene rings is 1. The largest absolute Gasteiger partial charge is 0.378 e. The number of rotatable bonds is 3. The Bertz CT molecular complexity index is 520. The minimum Gasteiger partial charge on any atom is -0.378 e. The first-order chi connectivity index (χ1) is 10.7. The van der Waals surface area contributed by atoms with E-state index in [1.54, 1.807) is 23.1 Å². The van der Waals surface area contributed by atoms with Crippen LogP contribution < -0.4 is 5.32 Å². The standard InChI is InChI=1S/C16H21FN2O3/c17-14-4-2-1-3-13(14)15-10-19(6-8-22-15)16(20)9-12-11-21-7-5-18-12/h1-4,12,15,18H,5-11H2. The molecule has 3 rings (SSSR count). The van der Waals surface area contributed by atoms with Gasteiger partial charge in [-0.15, -0.1) is 0 Å². The van der Waals surface area contributed by atoms with Crippen LogP contribution >= 0.6 is 0 Å². The van der Waals surface area contributed by atoms with Gasteiger partial charge in [-0.3, -0.25) is 4.79 Å². The molecule has 0 bridgehead atoms. The number of carbonyl (C=O) groups excluding carboxylic acids is 1. The van der Waals surface area contributed by atoms with Crippen molar-refractivity contribution in [1.29, 1.82) is 0 Å². The maximum atomic E-state index is 13.9. The summed E-state index contributed by atoms with van der Waals surface area (Å²) >= 11 is 0. The molecule has 2 fully saturated rings. The minimum atomic E-state index is -0.394. The molecule has 1 aromatic carbocycles. The molecule has 0 aromatic heterocycles. The van der Waals surface area contributed by atoms with Crippen LogP contribution in [0.25, 0.3) is 0 Å². The van der Waals surface area contributed by atoms with E-state index in [1.807, 2.05) is 0 Å². The van der Waals surface area contributed by atoms with Gasteiger partial charge in [0.2, 0.25) is 5.91 Å². The summed E-state index contributed by atoms with van der Waals surface area (Å²) in [5.41, 5.74) is 0.513. The zero-order valence-electron chi connectivity index (χ0n) is 12.5. The Balaban J connectivity index is 1.60. The van der Waals surface area contributed by atoms with E-state index in [0.29, 0.717) is 44.9 Å². The zero-order valence-corrected chi connectivity index (χ0v) is 12.5. The molecule has 0 radical (unpaired) electrons. The molecule has 5 nitrogen and oxygen atoms in total. The molecule has 2 aliphatic heterocycles. The topological polar surface area (TPSA) is 50.8 Å². The normalized spacial score (nSPS) is 26.0. The first kappa shape index (κ1) is 15.4. The maximum Gasteiger partial charge on any atom is 0.224 e. The number of morpholine rings is 2. The number of carbonyl (C=O) groups is 1. The monoisotopic (exact) mass is 308 g/mol. The lowest BCUT2D eigenvalue weighted by Crippen LogP contribution is -2.48. The number of nitrogens with one attached hydrogen (secondary N) is 1. The number of ether oxygens (including phenoxy) is 2. The number of hydrogen-bond donors (Lipinski definition) is 1. The average molecular weight is 308 g/mol. The summed E-state index contributed by atoms with van der Waals surface area (Å²) < 4.78 is 24.9. The van der Waals surface area contributed by atoms with Crippen molar-refractivity contribution < 1.29 is 18.7 Å². The molecule has 2 heterocycles. The summed E-state index contributed by atoms with van der Waals surface area (Å²) in [6, 6.07) is 6.63. The van der Waals surface area contributed by atoms with Crippen LogP contribution in [0.15, 0.2) is 24.3 Å². The van der Waals surface area contributed by atoms with Crippen LogP contribution in [0.1, 0.15) is 18.1 Å². The molecule has 2 aliphatic rings. The van der Waals surface area contributed by atoms with Crippen molar-refractivity contribution in [3.8, 4) is 0 Å². The third-order valence-electron chi connectivity index (χ3n) is 4.09. The lowest BCUT2D eigenvalue weighted by atomic mass is 10.1. The highest BCUT2D eigenvalue weighted by Gasteiger charge is 2.28. The summed E-state index contributed by atoms with van der Waals surface area (Å²) in [5.74, 6) is -0.225. The SMILES string of the molecule is O=C(CC1COCCN1)N1CCOC(c2ccccc2F)C1. The van der Waals surface area contributed by atoms with Crippen molar-refractivity contribution in [2.24, 2.45) is 0 Å². The van der Waals surface area contributed by atoms with Crippen molar-refractivity contribution in [3.05, 3.63) is 35.6 Å². The van der Waals surface area contributed by atoms with Gasteiger partial charge in [0.25, 0.3) is 0 Å². The molecule has 2 atom stereocenters. The van der Waals surface area contributed by atoms with E-state index in [1.165, 1.54) is 6.07 Å². The van der Waals surface area contributed by atoms with E-state index < -0.39 is 6.10 Å². The van der Waals surface area contributed by atoms with Gasteiger partial charge in [-0.1, -0.05) is 18.2 Å². The number of nitrogens with zero attached hydrogens (tertiary/aromatic N) is 1. The van der Waals surface area contributed by atoms with Gasteiger partial charge >= 0.3 is 0 Å². The third kappa shape index (κ3) is 3.63. The Morgan fingerprint density at radius 1 is 1.36 bits per heavy atom. The van der Waals surface area contributed by atoms with Crippen LogP contribution in [0, 0.1) is 5.82 Å². The van der Waals surface area contributed by atoms with Crippen LogP contribution in [0.4, 0.5) is 4.39 Å². The number of halogens is 1. The summed E-state index contributed by atoms with van der Waals surface area (Å²) in [7, 11) is 0. The summed E-state index contributed by atoms with van der Waals surface area (Å²) in [4.78, 5) is 14.2. The zero-order chi connectivity index (χ0) is 15.4. The molecule has 1 N–H and O–H groups in total. The predicted octanol–water partition coefficient (Wildman–Crippen LogP) is 1.10. The second-order valence-electron chi connectivity index (χ2n) is 5.65. The first-order valence-corrected chi connectivity index (χ1v) is 7.69. The molecular weight excluding hydrogens is 287 g/mol. The fourth-order valence-corrected chi connectivity index (χ4v) is 2.89. The van der Waals surface area contributed by atoms with Crippen LogP contribution in [0.2, 0.25) is 0 Å². The van der Waals surface area contributed by atoms with Crippen molar-refractivity contribution >= 4 is 5.91 Å². The van der Waals surface area contributed by atoms with Gasteiger partial charge in [-0.25, -0.2) is 4.39 Å². The van der Waals surface area contributed by atoms with Gasteiger partial charge in [0.05, 0.1) is 26.4 Å². The highest BCUT2D eigenvalue weighted by Crippen LogP contribution is 2.25. The molecule has 1 amide bonds. The van der Waals surface area contributed by atoms with E-state index in [2.05, 4.69) is 5.32 Å². The van der Waals surface area contributed by atoms with Gasteiger partial charge in [0, 0.05) is 31.1 Å². The average Bonchev–Trinajstić information content (AvgIpc) is 2.56. The van der Waals surface area contributed by atoms with Gasteiger partial charge in [-0.2, -0.15) is 0 Å². The van der Waals surface area contributed by atoms with Crippen molar-refractivity contribution in [2.75, 3.05) is 39.5 Å². The molecule has 2 saturated heterocycles. The van der Waals surface area contributed by atoms with Gasteiger partial charge in [0.15, 0.2) is 0 Å². The molecule has 0 aliphatic carbocycles. The lowest BCUT2D eigenvalue weighted by Gasteiger charge is -2.34. The van der Waals surface area contributed by atoms with Crippen molar-refractivity contribution in [3.63, 3.8) is 0 Å². The quantitative estimate of drug-likeness (QED) is 0.909. The van der Waals surface area contributed by atoms with Crippen LogP contribution in [0.3, 0.4) is 0 Å². The Morgan fingerprint density at radius 3 is 3.00 bits per heavy atom. The molecule has 1 aromatic rings. The lowest BCUT2D eigenvalue weighted by molar-refractivity contribution is -0.140. The summed E-state index contributed by atoms with van der Waals surface area (Å²) in [5, 5.41) is 3.28. The Kier molecular flexibility index (Phi) is 5.02. The maximum absolute atomic E-state index is 13.9. The smallest absolute Gasteiger partial charge is 0.224 e. The molecule has 22 heavy (non-hydrogen) atoms. The fraction of sp³-hybridized carbons (Fsp3) is 0.562. The highest BCUT2D eigenvalue weighted by atomic mass is 19.1. The number of hydrogen-bond acceptors (Lipinski definition) is 4. The van der Waals surface area contributed by atoms with Crippen LogP contribution in [0.5, 0.6) is 0 Å². The molecule has 120 valence electrons. The van der Waals surface area contributed by atoms with E-state index in [9.17, 15) is 9.18 Å². The van der Waals surface area contributed by atoms with Crippen molar-refractivity contribution in [1.82, 2.24) is 10.2 Å². The Morgan fingerprint density at radius 2 is 2.23 bits per heavy atom. The molecule has 6 heteroatoms. The summed E-state index contributed by atoms with van der Waals surface area (Å²) in [6.07, 6.45) is 0.0127. The minimum absolute atomic E-state index is 0.0626. The third-order valence-corrected chi connectivity index (χ3v) is 4.09. The van der Waals surface area contributed by atoms with Crippen LogP contribution in [-0.4, -0.2) is 56.3 Å². The van der Waals surface area contributed by atoms with E-state index in [4.69, 9.17) is 9.47 Å². The Labute approximate surface area is 129 Å².